The molecule has 5 nitrogen and oxygen atoms in total. The molecule has 22 heavy (non-hydrogen) atoms. The quantitative estimate of drug-likeness (QED) is 0.798. The van der Waals surface area contributed by atoms with Crippen molar-refractivity contribution in [3.63, 3.8) is 0 Å². The molecule has 1 amide bonds. The molecule has 0 fully saturated rings. The van der Waals surface area contributed by atoms with Crippen LogP contribution in [0.2, 0.25) is 0 Å². The predicted octanol–water partition coefficient (Wildman–Crippen LogP) is 2.06. The molecule has 0 radical (unpaired) electrons. The molecule has 0 heterocycles. The van der Waals surface area contributed by atoms with Crippen molar-refractivity contribution in [1.29, 1.82) is 0 Å². The lowest BCUT2D eigenvalue weighted by Crippen LogP contribution is -2.50. The molecule has 0 aromatic heterocycles. The van der Waals surface area contributed by atoms with Crippen molar-refractivity contribution >= 4 is 5.91 Å². The van der Waals surface area contributed by atoms with Crippen molar-refractivity contribution in [2.45, 2.75) is 39.0 Å². The Kier molecular flexibility index (Phi) is 6.84. The Labute approximate surface area is 133 Å². The Hall–Kier alpha value is -1.59. The van der Waals surface area contributed by atoms with Crippen LogP contribution in [-0.4, -0.2) is 50.2 Å². The molecule has 1 aromatic carbocycles. The van der Waals surface area contributed by atoms with Crippen LogP contribution in [0.15, 0.2) is 24.3 Å². The maximum atomic E-state index is 12.1. The number of amides is 1. The fourth-order valence-electron chi connectivity index (χ4n) is 1.66. The number of ether oxygens (including phenoxy) is 2. The molecule has 0 saturated heterocycles. The molecule has 5 heteroatoms. The van der Waals surface area contributed by atoms with Crippen LogP contribution in [0.1, 0.15) is 26.3 Å². The van der Waals surface area contributed by atoms with Crippen LogP contribution in [0.25, 0.3) is 0 Å². The maximum absolute atomic E-state index is 12.1. The summed E-state index contributed by atoms with van der Waals surface area (Å²) in [6.07, 6.45) is -0.496. The van der Waals surface area contributed by atoms with Gasteiger partial charge in [0.1, 0.15) is 11.9 Å². The third-order valence-electron chi connectivity index (χ3n) is 3.91. The summed E-state index contributed by atoms with van der Waals surface area (Å²) < 4.78 is 10.8. The van der Waals surface area contributed by atoms with E-state index >= 15 is 0 Å². The standard InChI is InChI=1S/C17H28N2O3/c1-13(16(20)18-12-17(2,3)19(4)5)22-11-14-8-7-9-15(10-14)21-6/h7-10,13H,11-12H2,1-6H3,(H,18,20)/t13-/m1/s1. The van der Waals surface area contributed by atoms with Crippen molar-refractivity contribution in [2.75, 3.05) is 27.7 Å². The zero-order chi connectivity index (χ0) is 16.8. The molecule has 1 atom stereocenters. The SMILES string of the molecule is COc1cccc(CO[C@H](C)C(=O)NCC(C)(C)N(C)C)c1. The van der Waals surface area contributed by atoms with E-state index in [1.165, 1.54) is 0 Å². The molecule has 0 aliphatic heterocycles. The average molecular weight is 308 g/mol. The monoisotopic (exact) mass is 308 g/mol. The second-order valence-electron chi connectivity index (χ2n) is 6.23. The van der Waals surface area contributed by atoms with Crippen molar-refractivity contribution in [3.05, 3.63) is 29.8 Å². The topological polar surface area (TPSA) is 50.8 Å². The van der Waals surface area contributed by atoms with Crippen LogP contribution in [0, 0.1) is 0 Å². The first kappa shape index (κ1) is 18.5. The number of benzene rings is 1. The summed E-state index contributed by atoms with van der Waals surface area (Å²) in [4.78, 5) is 14.2. The third kappa shape index (κ3) is 5.66. The highest BCUT2D eigenvalue weighted by Gasteiger charge is 2.22. The Morgan fingerprint density at radius 2 is 2.05 bits per heavy atom. The molecular weight excluding hydrogens is 280 g/mol. The normalized spacial score (nSPS) is 13.0. The molecule has 0 aliphatic carbocycles. The zero-order valence-corrected chi connectivity index (χ0v) is 14.5. The lowest BCUT2D eigenvalue weighted by molar-refractivity contribution is -0.133. The Bertz CT molecular complexity index is 487. The van der Waals surface area contributed by atoms with Gasteiger partial charge in [-0.05, 0) is 52.6 Å². The van der Waals surface area contributed by atoms with Gasteiger partial charge in [-0.3, -0.25) is 4.79 Å². The van der Waals surface area contributed by atoms with E-state index in [-0.39, 0.29) is 11.4 Å². The van der Waals surface area contributed by atoms with Gasteiger partial charge in [-0.1, -0.05) is 12.1 Å². The molecule has 0 spiro atoms. The van der Waals surface area contributed by atoms with Crippen LogP contribution in [0.5, 0.6) is 5.75 Å². The van der Waals surface area contributed by atoms with Gasteiger partial charge in [0.2, 0.25) is 5.91 Å². The van der Waals surface area contributed by atoms with Crippen LogP contribution in [-0.2, 0) is 16.1 Å². The first-order chi connectivity index (χ1) is 10.3. The Morgan fingerprint density at radius 1 is 1.36 bits per heavy atom. The summed E-state index contributed by atoms with van der Waals surface area (Å²) in [7, 11) is 5.62. The van der Waals surface area contributed by atoms with E-state index in [0.29, 0.717) is 13.2 Å². The van der Waals surface area contributed by atoms with E-state index in [9.17, 15) is 4.79 Å². The molecule has 124 valence electrons. The third-order valence-corrected chi connectivity index (χ3v) is 3.91. The van der Waals surface area contributed by atoms with Gasteiger partial charge in [-0.15, -0.1) is 0 Å². The fourth-order valence-corrected chi connectivity index (χ4v) is 1.66. The van der Waals surface area contributed by atoms with E-state index in [1.54, 1.807) is 14.0 Å². The van der Waals surface area contributed by atoms with Crippen molar-refractivity contribution in [2.24, 2.45) is 0 Å². The number of likely N-dealkylation sites (N-methyl/N-ethyl adjacent to an activating group) is 1. The van der Waals surface area contributed by atoms with Crippen LogP contribution < -0.4 is 10.1 Å². The predicted molar refractivity (Wildman–Crippen MR) is 88.0 cm³/mol. The number of methoxy groups -OCH3 is 1. The molecular formula is C17H28N2O3. The van der Waals surface area contributed by atoms with Crippen LogP contribution >= 0.6 is 0 Å². The lowest BCUT2D eigenvalue weighted by atomic mass is 10.0. The van der Waals surface area contributed by atoms with E-state index in [4.69, 9.17) is 9.47 Å². The van der Waals surface area contributed by atoms with Crippen molar-refractivity contribution in [3.8, 4) is 5.75 Å². The summed E-state index contributed by atoms with van der Waals surface area (Å²) in [5.41, 5.74) is 0.884. The maximum Gasteiger partial charge on any atom is 0.248 e. The number of carbonyl (C=O) groups is 1. The van der Waals surface area contributed by atoms with E-state index < -0.39 is 6.10 Å². The van der Waals surface area contributed by atoms with Gasteiger partial charge in [0.15, 0.2) is 0 Å². The lowest BCUT2D eigenvalue weighted by Gasteiger charge is -2.33. The van der Waals surface area contributed by atoms with Gasteiger partial charge >= 0.3 is 0 Å². The van der Waals surface area contributed by atoms with Crippen molar-refractivity contribution < 1.29 is 14.3 Å². The zero-order valence-electron chi connectivity index (χ0n) is 14.5. The van der Waals surface area contributed by atoms with E-state index in [1.807, 2.05) is 38.4 Å². The van der Waals surface area contributed by atoms with E-state index in [2.05, 4.69) is 24.1 Å². The minimum absolute atomic E-state index is 0.0951. The van der Waals surface area contributed by atoms with Crippen LogP contribution in [0.4, 0.5) is 0 Å². The molecule has 1 aromatic rings. The summed E-state index contributed by atoms with van der Waals surface area (Å²) in [6.45, 7) is 6.87. The molecule has 0 saturated carbocycles. The second-order valence-corrected chi connectivity index (χ2v) is 6.23. The minimum atomic E-state index is -0.496. The first-order valence-corrected chi connectivity index (χ1v) is 7.46. The van der Waals surface area contributed by atoms with Crippen LogP contribution in [0.3, 0.4) is 0 Å². The summed E-state index contributed by atoms with van der Waals surface area (Å²) in [5, 5.41) is 2.93. The van der Waals surface area contributed by atoms with Gasteiger partial charge in [0.25, 0.3) is 0 Å². The highest BCUT2D eigenvalue weighted by atomic mass is 16.5. The molecule has 1 N–H and O–H groups in total. The van der Waals surface area contributed by atoms with E-state index in [0.717, 1.165) is 11.3 Å². The van der Waals surface area contributed by atoms with Gasteiger partial charge in [-0.2, -0.15) is 0 Å². The second kappa shape index (κ2) is 8.15. The molecule has 0 aliphatic rings. The number of nitrogens with one attached hydrogen (secondary N) is 1. The first-order valence-electron chi connectivity index (χ1n) is 7.46. The molecule has 0 bridgehead atoms. The molecule has 1 rings (SSSR count). The van der Waals surface area contributed by atoms with Gasteiger partial charge in [-0.25, -0.2) is 0 Å². The Balaban J connectivity index is 2.44. The van der Waals surface area contributed by atoms with Gasteiger partial charge < -0.3 is 19.7 Å². The minimum Gasteiger partial charge on any atom is -0.497 e. The number of rotatable bonds is 8. The highest BCUT2D eigenvalue weighted by molar-refractivity contribution is 5.80. The average Bonchev–Trinajstić information content (AvgIpc) is 2.50. The Morgan fingerprint density at radius 3 is 2.64 bits per heavy atom. The summed E-state index contributed by atoms with van der Waals surface area (Å²) in [5.74, 6) is 0.684. The summed E-state index contributed by atoms with van der Waals surface area (Å²) in [6, 6.07) is 7.63. The fraction of sp³-hybridized carbons (Fsp3) is 0.588. The molecule has 0 unspecified atom stereocenters. The summed E-state index contributed by atoms with van der Waals surface area (Å²) >= 11 is 0. The number of hydrogen-bond donors (Lipinski definition) is 1. The van der Waals surface area contributed by atoms with Gasteiger partial charge in [0.05, 0.1) is 13.7 Å². The smallest absolute Gasteiger partial charge is 0.248 e. The number of nitrogens with zero attached hydrogens (tertiary/aromatic N) is 1. The highest BCUT2D eigenvalue weighted by Crippen LogP contribution is 2.14. The largest absolute Gasteiger partial charge is 0.497 e. The number of hydrogen-bond acceptors (Lipinski definition) is 4. The van der Waals surface area contributed by atoms with Crippen molar-refractivity contribution in [1.82, 2.24) is 10.2 Å². The van der Waals surface area contributed by atoms with Gasteiger partial charge in [0, 0.05) is 12.1 Å². The number of carbonyl (C=O) groups excluding carboxylic acids is 1.